The van der Waals surface area contributed by atoms with E-state index in [4.69, 9.17) is 0 Å². The molecule has 0 radical (unpaired) electrons. The lowest BCUT2D eigenvalue weighted by molar-refractivity contribution is -0.129. The van der Waals surface area contributed by atoms with E-state index in [-0.39, 0.29) is 17.9 Å². The molecule has 1 atom stereocenters. The van der Waals surface area contributed by atoms with Crippen LogP contribution in [0.2, 0.25) is 0 Å². The van der Waals surface area contributed by atoms with E-state index in [2.05, 4.69) is 15.2 Å². The lowest BCUT2D eigenvalue weighted by Gasteiger charge is -2.25. The normalized spacial score (nSPS) is 20.9. The van der Waals surface area contributed by atoms with Crippen molar-refractivity contribution in [2.24, 2.45) is 5.92 Å². The van der Waals surface area contributed by atoms with Crippen LogP contribution in [0.15, 0.2) is 23.7 Å². The molecule has 2 heterocycles. The molecule has 1 aliphatic heterocycles. The van der Waals surface area contributed by atoms with E-state index < -0.39 is 0 Å². The van der Waals surface area contributed by atoms with Gasteiger partial charge in [-0.25, -0.2) is 9.78 Å². The maximum absolute atomic E-state index is 12.5. The Kier molecular flexibility index (Phi) is 4.80. The van der Waals surface area contributed by atoms with Crippen LogP contribution in [0.5, 0.6) is 0 Å². The lowest BCUT2D eigenvalue weighted by atomic mass is 10.1. The highest BCUT2D eigenvalue weighted by molar-refractivity contribution is 7.16. The van der Waals surface area contributed by atoms with Gasteiger partial charge in [0.1, 0.15) is 0 Å². The average molecular weight is 372 g/mol. The molecule has 26 heavy (non-hydrogen) atoms. The van der Waals surface area contributed by atoms with Crippen molar-refractivity contribution in [2.45, 2.75) is 38.1 Å². The first kappa shape index (κ1) is 17.3. The summed E-state index contributed by atoms with van der Waals surface area (Å²) in [6.45, 7) is 1.39. The van der Waals surface area contributed by atoms with Crippen molar-refractivity contribution in [3.05, 3.63) is 23.7 Å². The molecule has 1 aromatic heterocycles. The number of nitrogens with zero attached hydrogens (tertiary/aromatic N) is 3. The number of aromatic nitrogens is 1. The number of thiazole rings is 1. The van der Waals surface area contributed by atoms with Crippen LogP contribution in [-0.2, 0) is 4.79 Å². The van der Waals surface area contributed by atoms with Crippen LogP contribution in [0, 0.1) is 5.92 Å². The van der Waals surface area contributed by atoms with Gasteiger partial charge in [-0.1, -0.05) is 12.8 Å². The van der Waals surface area contributed by atoms with Gasteiger partial charge in [-0.2, -0.15) is 0 Å². The van der Waals surface area contributed by atoms with Crippen LogP contribution in [0.25, 0.3) is 10.2 Å². The maximum Gasteiger partial charge on any atom is 0.321 e. The third kappa shape index (κ3) is 3.53. The molecule has 1 aliphatic carbocycles. The molecular weight excluding hydrogens is 348 g/mol. The van der Waals surface area contributed by atoms with Gasteiger partial charge in [-0.3, -0.25) is 4.79 Å². The van der Waals surface area contributed by atoms with E-state index >= 15 is 0 Å². The number of urea groups is 1. The average Bonchev–Trinajstić information content (AvgIpc) is 3.34. The summed E-state index contributed by atoms with van der Waals surface area (Å²) in [7, 11) is 1.79. The number of anilines is 1. The fraction of sp³-hybridized carbons (Fsp3) is 0.526. The summed E-state index contributed by atoms with van der Waals surface area (Å²) in [5, 5.41) is 2.94. The summed E-state index contributed by atoms with van der Waals surface area (Å²) in [5.41, 5.74) is 3.52. The predicted molar refractivity (Wildman–Crippen MR) is 103 cm³/mol. The number of fused-ring (bicyclic) bond motifs is 1. The van der Waals surface area contributed by atoms with Crippen LogP contribution in [0.4, 0.5) is 10.5 Å². The zero-order valence-corrected chi connectivity index (χ0v) is 15.8. The van der Waals surface area contributed by atoms with Crippen molar-refractivity contribution >= 4 is 39.2 Å². The zero-order valence-electron chi connectivity index (χ0n) is 15.0. The van der Waals surface area contributed by atoms with E-state index in [1.807, 2.05) is 18.2 Å². The third-order valence-corrected chi connectivity index (χ3v) is 6.26. The zero-order chi connectivity index (χ0) is 18.1. The Morgan fingerprint density at radius 3 is 3.00 bits per heavy atom. The number of amides is 3. The molecule has 7 heteroatoms. The van der Waals surface area contributed by atoms with Crippen LogP contribution in [-0.4, -0.2) is 52.9 Å². The van der Waals surface area contributed by atoms with Crippen molar-refractivity contribution in [1.29, 1.82) is 0 Å². The van der Waals surface area contributed by atoms with E-state index in [1.54, 1.807) is 28.8 Å². The van der Waals surface area contributed by atoms with Gasteiger partial charge >= 0.3 is 6.03 Å². The predicted octanol–water partition coefficient (Wildman–Crippen LogP) is 3.55. The third-order valence-electron chi connectivity index (χ3n) is 5.47. The van der Waals surface area contributed by atoms with Gasteiger partial charge in [0.15, 0.2) is 0 Å². The van der Waals surface area contributed by atoms with Crippen molar-refractivity contribution in [3.63, 3.8) is 0 Å². The molecule has 1 saturated carbocycles. The van der Waals surface area contributed by atoms with Crippen LogP contribution in [0.3, 0.4) is 0 Å². The van der Waals surface area contributed by atoms with Gasteiger partial charge in [0.05, 0.1) is 15.7 Å². The van der Waals surface area contributed by atoms with Crippen LogP contribution in [0.1, 0.15) is 32.1 Å². The number of likely N-dealkylation sites (tertiary alicyclic amines) is 1. The minimum Gasteiger partial charge on any atom is -0.339 e. The standard InChI is InChI=1S/C19H24N4O2S/c1-22(10-13-8-18(24)23(11-13)15-4-2-3-5-15)19(25)21-14-6-7-16-17(9-14)26-12-20-16/h6-7,9,12-13,15H,2-5,8,10-11H2,1H3,(H,21,25)/t13-/m1/s1. The van der Waals surface area contributed by atoms with Gasteiger partial charge in [0, 0.05) is 44.2 Å². The molecule has 0 unspecified atom stereocenters. The van der Waals surface area contributed by atoms with E-state index in [0.717, 1.165) is 35.3 Å². The van der Waals surface area contributed by atoms with Crippen LogP contribution >= 0.6 is 11.3 Å². The first-order valence-corrected chi connectivity index (χ1v) is 10.1. The highest BCUT2D eigenvalue weighted by atomic mass is 32.1. The fourth-order valence-electron chi connectivity index (χ4n) is 4.12. The quantitative estimate of drug-likeness (QED) is 0.892. The maximum atomic E-state index is 12.5. The number of carbonyl (C=O) groups is 2. The number of hydrogen-bond donors (Lipinski definition) is 1. The smallest absolute Gasteiger partial charge is 0.321 e. The number of rotatable bonds is 4. The largest absolute Gasteiger partial charge is 0.339 e. The second-order valence-corrected chi connectivity index (χ2v) is 8.29. The molecule has 138 valence electrons. The Hall–Kier alpha value is -2.15. The first-order valence-electron chi connectivity index (χ1n) is 9.25. The monoisotopic (exact) mass is 372 g/mol. The van der Waals surface area contributed by atoms with E-state index in [9.17, 15) is 9.59 Å². The Morgan fingerprint density at radius 1 is 1.38 bits per heavy atom. The molecule has 3 amide bonds. The fourth-order valence-corrected chi connectivity index (χ4v) is 4.84. The van der Waals surface area contributed by atoms with Gasteiger partial charge in [0.2, 0.25) is 5.91 Å². The molecule has 2 aliphatic rings. The molecule has 0 spiro atoms. The number of nitrogens with one attached hydrogen (secondary N) is 1. The SMILES string of the molecule is CN(C[C@H]1CC(=O)N(C2CCCC2)C1)C(=O)Nc1ccc2ncsc2c1. The molecule has 0 bridgehead atoms. The second kappa shape index (κ2) is 7.23. The van der Waals surface area contributed by atoms with Crippen molar-refractivity contribution in [1.82, 2.24) is 14.8 Å². The summed E-state index contributed by atoms with van der Waals surface area (Å²) in [6.07, 6.45) is 5.28. The summed E-state index contributed by atoms with van der Waals surface area (Å²) in [4.78, 5) is 32.8. The highest BCUT2D eigenvalue weighted by Gasteiger charge is 2.36. The van der Waals surface area contributed by atoms with Crippen molar-refractivity contribution in [2.75, 3.05) is 25.5 Å². The topological polar surface area (TPSA) is 65.5 Å². The summed E-state index contributed by atoms with van der Waals surface area (Å²) in [5.74, 6) is 0.481. The van der Waals surface area contributed by atoms with Gasteiger partial charge in [-0.05, 0) is 31.0 Å². The molecule has 1 N–H and O–H groups in total. The van der Waals surface area contributed by atoms with Crippen molar-refractivity contribution in [3.8, 4) is 0 Å². The lowest BCUT2D eigenvalue weighted by Crippen LogP contribution is -2.37. The summed E-state index contributed by atoms with van der Waals surface area (Å²) >= 11 is 1.56. The van der Waals surface area contributed by atoms with Gasteiger partial charge in [0.25, 0.3) is 0 Å². The minimum atomic E-state index is -0.138. The van der Waals surface area contributed by atoms with Gasteiger partial charge in [-0.15, -0.1) is 11.3 Å². The number of benzene rings is 1. The minimum absolute atomic E-state index is 0.138. The Balaban J connectivity index is 1.33. The van der Waals surface area contributed by atoms with E-state index in [1.165, 1.54) is 12.8 Å². The summed E-state index contributed by atoms with van der Waals surface area (Å²) in [6, 6.07) is 6.02. The number of carbonyl (C=O) groups excluding carboxylic acids is 2. The first-order chi connectivity index (χ1) is 12.6. The Labute approximate surface area is 157 Å². The molecule has 1 aromatic carbocycles. The Morgan fingerprint density at radius 2 is 2.19 bits per heavy atom. The number of hydrogen-bond acceptors (Lipinski definition) is 4. The molecule has 2 fully saturated rings. The molecule has 4 rings (SSSR count). The molecular formula is C19H24N4O2S. The second-order valence-electron chi connectivity index (χ2n) is 7.40. The van der Waals surface area contributed by atoms with Crippen molar-refractivity contribution < 1.29 is 9.59 Å². The van der Waals surface area contributed by atoms with E-state index in [0.29, 0.717) is 19.0 Å². The van der Waals surface area contributed by atoms with Crippen LogP contribution < -0.4 is 5.32 Å². The Bertz CT molecular complexity index is 815. The van der Waals surface area contributed by atoms with Gasteiger partial charge < -0.3 is 15.1 Å². The summed E-state index contributed by atoms with van der Waals surface area (Å²) < 4.78 is 1.05. The molecule has 6 nitrogen and oxygen atoms in total. The highest BCUT2D eigenvalue weighted by Crippen LogP contribution is 2.29. The molecule has 1 saturated heterocycles. The molecule has 2 aromatic rings.